The predicted molar refractivity (Wildman–Crippen MR) is 113 cm³/mol. The second-order valence-electron chi connectivity index (χ2n) is 6.42. The second kappa shape index (κ2) is 10.4. The third-order valence-electron chi connectivity index (χ3n) is 4.23. The maximum atomic E-state index is 12.9. The molecule has 2 amide bonds. The second-order valence-corrected chi connectivity index (χ2v) is 7.85. The number of aryl methyl sites for hydroxylation is 1. The zero-order valence-corrected chi connectivity index (χ0v) is 17.4. The van der Waals surface area contributed by atoms with E-state index in [4.69, 9.17) is 11.6 Å². The number of hydrogen-bond acceptors (Lipinski definition) is 3. The topological polar surface area (TPSA) is 49.4 Å². The first-order valence-corrected chi connectivity index (χ1v) is 10.3. The highest BCUT2D eigenvalue weighted by Crippen LogP contribution is 2.18. The van der Waals surface area contributed by atoms with E-state index in [0.29, 0.717) is 23.1 Å². The van der Waals surface area contributed by atoms with Crippen LogP contribution in [0.5, 0.6) is 0 Å². The van der Waals surface area contributed by atoms with Gasteiger partial charge in [-0.05, 0) is 37.1 Å². The van der Waals surface area contributed by atoms with Crippen LogP contribution in [0.4, 0.5) is 0 Å². The van der Waals surface area contributed by atoms with Crippen molar-refractivity contribution in [1.29, 1.82) is 0 Å². The molecule has 4 nitrogen and oxygen atoms in total. The Morgan fingerprint density at radius 1 is 1.15 bits per heavy atom. The molecule has 144 valence electrons. The van der Waals surface area contributed by atoms with Gasteiger partial charge in [0.2, 0.25) is 11.8 Å². The molecule has 0 heterocycles. The van der Waals surface area contributed by atoms with Gasteiger partial charge in [0, 0.05) is 24.4 Å². The van der Waals surface area contributed by atoms with Crippen LogP contribution in [-0.4, -0.2) is 35.6 Å². The summed E-state index contributed by atoms with van der Waals surface area (Å²) in [6.07, 6.45) is 0. The molecule has 0 radical (unpaired) electrons. The minimum Gasteiger partial charge on any atom is -0.357 e. The van der Waals surface area contributed by atoms with Crippen LogP contribution in [0.3, 0.4) is 0 Å². The number of thioether (sulfide) groups is 1. The average Bonchev–Trinajstić information content (AvgIpc) is 2.65. The normalized spacial score (nSPS) is 11.7. The minimum atomic E-state index is -0.533. The average molecular weight is 405 g/mol. The fourth-order valence-electron chi connectivity index (χ4n) is 2.76. The van der Waals surface area contributed by atoms with Crippen LogP contribution in [0.15, 0.2) is 48.5 Å². The molecule has 2 rings (SSSR count). The molecular formula is C21H25ClN2O2S. The summed E-state index contributed by atoms with van der Waals surface area (Å²) in [7, 11) is 1.59. The fourth-order valence-corrected chi connectivity index (χ4v) is 3.84. The molecule has 0 saturated heterocycles. The molecule has 2 aromatic carbocycles. The Hall–Kier alpha value is -1.98. The van der Waals surface area contributed by atoms with Gasteiger partial charge in [-0.1, -0.05) is 53.6 Å². The molecule has 0 fully saturated rings. The van der Waals surface area contributed by atoms with Gasteiger partial charge < -0.3 is 10.2 Å². The Morgan fingerprint density at radius 2 is 1.85 bits per heavy atom. The molecule has 0 spiro atoms. The molecule has 6 heteroatoms. The highest BCUT2D eigenvalue weighted by Gasteiger charge is 2.25. The van der Waals surface area contributed by atoms with E-state index in [1.165, 1.54) is 11.8 Å². The number of hydrogen-bond donors (Lipinski definition) is 1. The summed E-state index contributed by atoms with van der Waals surface area (Å²) in [5, 5.41) is 3.32. The molecule has 0 aliphatic heterocycles. The van der Waals surface area contributed by atoms with Crippen LogP contribution in [0.25, 0.3) is 0 Å². The van der Waals surface area contributed by atoms with Gasteiger partial charge in [0.1, 0.15) is 6.04 Å². The van der Waals surface area contributed by atoms with Crippen LogP contribution in [-0.2, 0) is 21.9 Å². The molecule has 0 aliphatic carbocycles. The van der Waals surface area contributed by atoms with Gasteiger partial charge in [-0.25, -0.2) is 0 Å². The Kier molecular flexibility index (Phi) is 8.20. The summed E-state index contributed by atoms with van der Waals surface area (Å²) in [6.45, 7) is 4.18. The number of nitrogens with one attached hydrogen (secondary N) is 1. The summed E-state index contributed by atoms with van der Waals surface area (Å²) >= 11 is 7.52. The van der Waals surface area contributed by atoms with Crippen LogP contribution in [0.2, 0.25) is 5.02 Å². The third-order valence-corrected chi connectivity index (χ3v) is 5.46. The SMILES string of the molecule is CNC(=O)[C@H](C)N(Cc1cccc(C)c1)C(=O)CSCc1cccc(Cl)c1. The quantitative estimate of drug-likeness (QED) is 0.722. The van der Waals surface area contributed by atoms with Gasteiger partial charge in [-0.15, -0.1) is 11.8 Å². The number of nitrogens with zero attached hydrogens (tertiary/aromatic N) is 1. The van der Waals surface area contributed by atoms with Crippen molar-refractivity contribution < 1.29 is 9.59 Å². The molecule has 1 N–H and O–H groups in total. The highest BCUT2D eigenvalue weighted by molar-refractivity contribution is 7.99. The van der Waals surface area contributed by atoms with E-state index in [9.17, 15) is 9.59 Å². The first kappa shape index (κ1) is 21.3. The van der Waals surface area contributed by atoms with E-state index >= 15 is 0 Å². The van der Waals surface area contributed by atoms with Crippen LogP contribution >= 0.6 is 23.4 Å². The first-order valence-electron chi connectivity index (χ1n) is 8.79. The van der Waals surface area contributed by atoms with Gasteiger partial charge in [0.05, 0.1) is 5.75 Å². The number of benzene rings is 2. The molecule has 0 unspecified atom stereocenters. The minimum absolute atomic E-state index is 0.0559. The molecule has 0 aromatic heterocycles. The van der Waals surface area contributed by atoms with Crippen LogP contribution in [0, 0.1) is 6.92 Å². The van der Waals surface area contributed by atoms with Crippen LogP contribution in [0.1, 0.15) is 23.6 Å². The molecular weight excluding hydrogens is 380 g/mol. The van der Waals surface area contributed by atoms with E-state index in [1.807, 2.05) is 55.5 Å². The van der Waals surface area contributed by atoms with E-state index < -0.39 is 6.04 Å². The van der Waals surface area contributed by atoms with Gasteiger partial charge in [-0.2, -0.15) is 0 Å². The number of carbonyl (C=O) groups is 2. The van der Waals surface area contributed by atoms with E-state index in [2.05, 4.69) is 5.32 Å². The summed E-state index contributed by atoms with van der Waals surface area (Å²) < 4.78 is 0. The summed E-state index contributed by atoms with van der Waals surface area (Å²) in [5.41, 5.74) is 3.21. The lowest BCUT2D eigenvalue weighted by Crippen LogP contribution is -2.47. The van der Waals surface area contributed by atoms with Gasteiger partial charge in [0.15, 0.2) is 0 Å². The Labute approximate surface area is 170 Å². The number of likely N-dealkylation sites (N-methyl/N-ethyl adjacent to an activating group) is 1. The lowest BCUT2D eigenvalue weighted by Gasteiger charge is -2.28. The zero-order valence-electron chi connectivity index (χ0n) is 15.9. The van der Waals surface area contributed by atoms with Gasteiger partial charge >= 0.3 is 0 Å². The molecule has 0 bridgehead atoms. The largest absolute Gasteiger partial charge is 0.357 e. The van der Waals surface area contributed by atoms with Crippen molar-refractivity contribution >= 4 is 35.2 Å². The van der Waals surface area contributed by atoms with Crippen molar-refractivity contribution in [2.45, 2.75) is 32.2 Å². The Morgan fingerprint density at radius 3 is 2.52 bits per heavy atom. The van der Waals surface area contributed by atoms with Crippen molar-refractivity contribution in [2.75, 3.05) is 12.8 Å². The Balaban J connectivity index is 2.04. The van der Waals surface area contributed by atoms with Crippen molar-refractivity contribution in [3.05, 3.63) is 70.2 Å². The Bertz CT molecular complexity index is 797. The summed E-state index contributed by atoms with van der Waals surface area (Å²) in [6, 6.07) is 15.1. The highest BCUT2D eigenvalue weighted by atomic mass is 35.5. The van der Waals surface area contributed by atoms with E-state index in [1.54, 1.807) is 18.9 Å². The monoisotopic (exact) mass is 404 g/mol. The van der Waals surface area contributed by atoms with E-state index in [-0.39, 0.29) is 11.8 Å². The first-order chi connectivity index (χ1) is 12.9. The van der Waals surface area contributed by atoms with Crippen molar-refractivity contribution in [3.63, 3.8) is 0 Å². The fraction of sp³-hybridized carbons (Fsp3) is 0.333. The predicted octanol–water partition coefficient (Wildman–Crippen LogP) is 4.04. The van der Waals surface area contributed by atoms with Crippen LogP contribution < -0.4 is 5.32 Å². The number of rotatable bonds is 8. The summed E-state index contributed by atoms with van der Waals surface area (Å²) in [5.74, 6) is 0.772. The zero-order chi connectivity index (χ0) is 19.8. The standard InChI is InChI=1S/C21H25ClN2O2S/c1-15-6-4-7-17(10-15)12-24(16(2)21(26)23-3)20(25)14-27-13-18-8-5-9-19(22)11-18/h4-11,16H,12-14H2,1-3H3,(H,23,26)/t16-/m0/s1. The van der Waals surface area contributed by atoms with Gasteiger partial charge in [0.25, 0.3) is 0 Å². The lowest BCUT2D eigenvalue weighted by atomic mass is 10.1. The molecule has 0 aliphatic rings. The molecule has 0 saturated carbocycles. The molecule has 27 heavy (non-hydrogen) atoms. The van der Waals surface area contributed by atoms with Gasteiger partial charge in [-0.3, -0.25) is 9.59 Å². The maximum absolute atomic E-state index is 12.9. The van der Waals surface area contributed by atoms with Crippen molar-refractivity contribution in [2.24, 2.45) is 0 Å². The molecule has 2 aromatic rings. The van der Waals surface area contributed by atoms with Crippen molar-refractivity contribution in [3.8, 4) is 0 Å². The molecule has 1 atom stereocenters. The van der Waals surface area contributed by atoms with Crippen molar-refractivity contribution in [1.82, 2.24) is 10.2 Å². The maximum Gasteiger partial charge on any atom is 0.242 e. The lowest BCUT2D eigenvalue weighted by molar-refractivity contribution is -0.138. The smallest absolute Gasteiger partial charge is 0.242 e. The number of carbonyl (C=O) groups excluding carboxylic acids is 2. The van der Waals surface area contributed by atoms with E-state index in [0.717, 1.165) is 16.7 Å². The number of amides is 2. The number of halogens is 1. The summed E-state index contributed by atoms with van der Waals surface area (Å²) in [4.78, 5) is 26.6. The third kappa shape index (κ3) is 6.60.